The van der Waals surface area contributed by atoms with Gasteiger partial charge >= 0.3 is 0 Å². The van der Waals surface area contributed by atoms with E-state index in [1.807, 2.05) is 43.5 Å². The maximum absolute atomic E-state index is 13.2. The van der Waals surface area contributed by atoms with Gasteiger partial charge in [0, 0.05) is 31.5 Å². The topological polar surface area (TPSA) is 57.6 Å². The quantitative estimate of drug-likeness (QED) is 0.517. The molecule has 0 bridgehead atoms. The van der Waals surface area contributed by atoms with Crippen molar-refractivity contribution in [2.45, 2.75) is 70.3 Å². The molecular weight excluding hydrogens is 470 g/mol. The van der Waals surface area contributed by atoms with Crippen LogP contribution in [0.5, 0.6) is 0 Å². The average Bonchev–Trinajstić information content (AvgIpc) is 3.25. The van der Waals surface area contributed by atoms with Crippen LogP contribution < -0.4 is 0 Å². The molecule has 2 aromatic rings. The van der Waals surface area contributed by atoms with Crippen LogP contribution in [0.3, 0.4) is 0 Å². The number of aliphatic hydroxyl groups excluding tert-OH is 1. The van der Waals surface area contributed by atoms with Gasteiger partial charge in [0.25, 0.3) is 5.91 Å². The molecule has 0 radical (unpaired) electrons. The normalized spacial score (nSPS) is 30.3. The van der Waals surface area contributed by atoms with Gasteiger partial charge in [0.2, 0.25) is 0 Å². The number of nitrogens with zero attached hydrogens (tertiary/aromatic N) is 1. The number of allylic oxidation sites excluding steroid dienone is 4. The first kappa shape index (κ1) is 25.3. The van der Waals surface area contributed by atoms with Crippen molar-refractivity contribution >= 4 is 11.7 Å². The fourth-order valence-electron chi connectivity index (χ4n) is 8.05. The predicted molar refractivity (Wildman–Crippen MR) is 150 cm³/mol. The number of fused-ring (bicyclic) bond motifs is 4. The molecule has 6 rings (SSSR count). The van der Waals surface area contributed by atoms with Crippen molar-refractivity contribution in [3.05, 3.63) is 94.1 Å². The van der Waals surface area contributed by atoms with Crippen molar-refractivity contribution in [3.8, 4) is 0 Å². The van der Waals surface area contributed by atoms with Crippen LogP contribution in [0.1, 0.15) is 79.3 Å². The van der Waals surface area contributed by atoms with Crippen molar-refractivity contribution in [3.63, 3.8) is 0 Å². The van der Waals surface area contributed by atoms with Gasteiger partial charge in [-0.3, -0.25) is 9.59 Å². The molecule has 1 amide bonds. The average molecular weight is 510 g/mol. The lowest BCUT2D eigenvalue weighted by Crippen LogP contribution is -2.45. The molecule has 1 N–H and O–H groups in total. The molecule has 38 heavy (non-hydrogen) atoms. The third kappa shape index (κ3) is 4.37. The Bertz CT molecular complexity index is 1290. The molecular formula is C34H39NO3. The van der Waals surface area contributed by atoms with E-state index in [4.69, 9.17) is 0 Å². The predicted octanol–water partition coefficient (Wildman–Crippen LogP) is 6.26. The number of benzene rings is 2. The Labute approximate surface area is 226 Å². The summed E-state index contributed by atoms with van der Waals surface area (Å²) < 4.78 is 0. The number of hydrogen-bond donors (Lipinski definition) is 1. The highest BCUT2D eigenvalue weighted by Gasteiger charge is 2.56. The van der Waals surface area contributed by atoms with Gasteiger partial charge in [0.1, 0.15) is 0 Å². The van der Waals surface area contributed by atoms with E-state index in [1.165, 1.54) is 27.8 Å². The van der Waals surface area contributed by atoms with Crippen LogP contribution in [0.15, 0.2) is 77.4 Å². The maximum atomic E-state index is 13.2. The molecule has 2 saturated carbocycles. The summed E-state index contributed by atoms with van der Waals surface area (Å²) in [5.74, 6) is 1.51. The lowest BCUT2D eigenvalue weighted by Gasteiger charge is -2.52. The Morgan fingerprint density at radius 1 is 1.00 bits per heavy atom. The van der Waals surface area contributed by atoms with Gasteiger partial charge in [-0.2, -0.15) is 0 Å². The van der Waals surface area contributed by atoms with Gasteiger partial charge in [-0.25, -0.2) is 0 Å². The minimum Gasteiger partial charge on any atom is -0.393 e. The minimum atomic E-state index is -0.259. The van der Waals surface area contributed by atoms with Crippen LogP contribution in [0.25, 0.3) is 0 Å². The molecule has 4 heteroatoms. The van der Waals surface area contributed by atoms with Gasteiger partial charge in [-0.1, -0.05) is 55.0 Å². The second-order valence-corrected chi connectivity index (χ2v) is 12.3. The van der Waals surface area contributed by atoms with Gasteiger partial charge in [-0.05, 0) is 103 Å². The van der Waals surface area contributed by atoms with Crippen LogP contribution in [-0.2, 0) is 11.2 Å². The number of hydrogen-bond acceptors (Lipinski definition) is 3. The van der Waals surface area contributed by atoms with E-state index in [0.29, 0.717) is 30.4 Å². The Morgan fingerprint density at radius 2 is 1.76 bits per heavy atom. The molecule has 4 aliphatic carbocycles. The lowest BCUT2D eigenvalue weighted by molar-refractivity contribution is -0.114. The van der Waals surface area contributed by atoms with Gasteiger partial charge in [0.15, 0.2) is 5.78 Å². The van der Waals surface area contributed by atoms with E-state index < -0.39 is 0 Å². The highest BCUT2D eigenvalue weighted by molar-refractivity contribution is 5.94. The standard InChI is InChI=1S/C34H39NO3/c1-34-21-29(23-8-10-24(11-9-23)33(38)35(2)19-18-22-6-4-3-5-7-22)32-27-15-13-26(36)20-25(27)12-14-28(32)30(34)16-17-31(34)37/h3-11,20,28-31,37H,12-19,21H2,1-2H3. The van der Waals surface area contributed by atoms with E-state index in [0.717, 1.165) is 44.9 Å². The zero-order chi connectivity index (χ0) is 26.4. The third-order valence-electron chi connectivity index (χ3n) is 10.2. The van der Waals surface area contributed by atoms with Crippen LogP contribution in [-0.4, -0.2) is 41.4 Å². The second kappa shape index (κ2) is 9.96. The summed E-state index contributed by atoms with van der Waals surface area (Å²) in [6, 6.07) is 18.5. The molecule has 5 atom stereocenters. The molecule has 198 valence electrons. The fraction of sp³-hybridized carbons (Fsp3) is 0.471. The van der Waals surface area contributed by atoms with Crippen molar-refractivity contribution in [2.24, 2.45) is 17.3 Å². The fourth-order valence-corrected chi connectivity index (χ4v) is 8.05. The summed E-state index contributed by atoms with van der Waals surface area (Å²) in [6.45, 7) is 2.98. The largest absolute Gasteiger partial charge is 0.393 e. The first-order chi connectivity index (χ1) is 18.3. The first-order valence-electron chi connectivity index (χ1n) is 14.4. The molecule has 4 aliphatic rings. The molecule has 4 nitrogen and oxygen atoms in total. The number of aliphatic hydroxyl groups is 1. The Hall–Kier alpha value is -2.98. The SMILES string of the molecule is CN(CCc1ccccc1)C(=O)c1ccc(C2CC3(C)C(O)CCC3C3CCC4=CC(=O)CCC4=C23)cc1. The number of likely N-dealkylation sites (N-methyl/N-ethyl adjacent to an activating group) is 1. The van der Waals surface area contributed by atoms with E-state index in [2.05, 4.69) is 31.2 Å². The van der Waals surface area contributed by atoms with Crippen LogP contribution >= 0.6 is 0 Å². The smallest absolute Gasteiger partial charge is 0.253 e. The van der Waals surface area contributed by atoms with Crippen molar-refractivity contribution in [1.82, 2.24) is 4.90 Å². The molecule has 0 spiro atoms. The zero-order valence-corrected chi connectivity index (χ0v) is 22.7. The van der Waals surface area contributed by atoms with Gasteiger partial charge < -0.3 is 10.0 Å². The van der Waals surface area contributed by atoms with Crippen LogP contribution in [0, 0.1) is 17.3 Å². The van der Waals surface area contributed by atoms with E-state index in [-0.39, 0.29) is 29.1 Å². The molecule has 2 fully saturated rings. The number of ketones is 1. The third-order valence-corrected chi connectivity index (χ3v) is 10.2. The Morgan fingerprint density at radius 3 is 2.53 bits per heavy atom. The van der Waals surface area contributed by atoms with E-state index in [1.54, 1.807) is 4.90 Å². The summed E-state index contributed by atoms with van der Waals surface area (Å²) in [5.41, 5.74) is 7.31. The summed E-state index contributed by atoms with van der Waals surface area (Å²) in [6.07, 6.45) is 8.90. The van der Waals surface area contributed by atoms with Gasteiger partial charge in [0.05, 0.1) is 6.10 Å². The molecule has 2 aromatic carbocycles. The molecule has 0 aromatic heterocycles. The highest BCUT2D eigenvalue weighted by Crippen LogP contribution is 2.63. The van der Waals surface area contributed by atoms with Gasteiger partial charge in [-0.15, -0.1) is 0 Å². The monoisotopic (exact) mass is 509 g/mol. The van der Waals surface area contributed by atoms with Crippen molar-refractivity contribution in [1.29, 1.82) is 0 Å². The summed E-state index contributed by atoms with van der Waals surface area (Å²) in [7, 11) is 1.88. The molecule has 5 unspecified atom stereocenters. The minimum absolute atomic E-state index is 0.0444. The summed E-state index contributed by atoms with van der Waals surface area (Å²) in [5, 5.41) is 11.1. The Kier molecular flexibility index (Phi) is 6.63. The first-order valence-corrected chi connectivity index (χ1v) is 14.4. The van der Waals surface area contributed by atoms with Crippen LogP contribution in [0.2, 0.25) is 0 Å². The number of rotatable bonds is 5. The maximum Gasteiger partial charge on any atom is 0.253 e. The van der Waals surface area contributed by atoms with E-state index >= 15 is 0 Å². The number of carbonyl (C=O) groups excluding carboxylic acids is 2. The van der Waals surface area contributed by atoms with Crippen LogP contribution in [0.4, 0.5) is 0 Å². The summed E-state index contributed by atoms with van der Waals surface area (Å²) in [4.78, 5) is 27.2. The Balaban J connectivity index is 1.28. The zero-order valence-electron chi connectivity index (χ0n) is 22.7. The molecule has 0 saturated heterocycles. The number of carbonyl (C=O) groups is 2. The molecule has 0 aliphatic heterocycles. The van der Waals surface area contributed by atoms with Crippen molar-refractivity contribution in [2.75, 3.05) is 13.6 Å². The lowest BCUT2D eigenvalue weighted by atomic mass is 9.53. The number of amides is 1. The molecule has 0 heterocycles. The van der Waals surface area contributed by atoms with Crippen molar-refractivity contribution < 1.29 is 14.7 Å². The summed E-state index contributed by atoms with van der Waals surface area (Å²) >= 11 is 0. The highest BCUT2D eigenvalue weighted by atomic mass is 16.3. The van der Waals surface area contributed by atoms with E-state index in [9.17, 15) is 14.7 Å². The second-order valence-electron chi connectivity index (χ2n) is 12.3.